The van der Waals surface area contributed by atoms with E-state index < -0.39 is 6.23 Å². The van der Waals surface area contributed by atoms with Crippen LogP contribution in [0, 0.1) is 5.92 Å². The highest BCUT2D eigenvalue weighted by molar-refractivity contribution is 5.76. The van der Waals surface area contributed by atoms with Crippen LogP contribution in [0.5, 0.6) is 0 Å². The topological polar surface area (TPSA) is 49.8 Å². The molecule has 0 aromatic heterocycles. The first-order chi connectivity index (χ1) is 8.74. The van der Waals surface area contributed by atoms with Gasteiger partial charge in [-0.2, -0.15) is 0 Å². The van der Waals surface area contributed by atoms with Crippen molar-refractivity contribution in [3.63, 3.8) is 0 Å². The van der Waals surface area contributed by atoms with Crippen LogP contribution in [-0.2, 0) is 16.1 Å². The van der Waals surface area contributed by atoms with Gasteiger partial charge in [-0.25, -0.2) is 0 Å². The van der Waals surface area contributed by atoms with Crippen LogP contribution < -0.4 is 0 Å². The van der Waals surface area contributed by atoms with E-state index in [1.165, 1.54) is 0 Å². The van der Waals surface area contributed by atoms with E-state index in [1.807, 2.05) is 35.2 Å². The van der Waals surface area contributed by atoms with E-state index in [1.54, 1.807) is 0 Å². The minimum absolute atomic E-state index is 0.208. The Balaban J connectivity index is 1.56. The summed E-state index contributed by atoms with van der Waals surface area (Å²) in [5.41, 5.74) is 0.990. The number of esters is 1. The average Bonchev–Trinajstić information content (AvgIpc) is 2.96. The summed E-state index contributed by atoms with van der Waals surface area (Å²) in [6, 6.07) is 9.40. The first-order valence-electron chi connectivity index (χ1n) is 6.38. The molecule has 1 aromatic rings. The van der Waals surface area contributed by atoms with Gasteiger partial charge in [0.25, 0.3) is 0 Å². The fourth-order valence-corrected chi connectivity index (χ4v) is 2.94. The third-order valence-electron chi connectivity index (χ3n) is 3.85. The molecule has 2 bridgehead atoms. The molecule has 2 saturated heterocycles. The largest absolute Gasteiger partial charge is 0.460 e. The lowest BCUT2D eigenvalue weighted by atomic mass is 9.99. The molecular weight excluding hydrogens is 230 g/mol. The van der Waals surface area contributed by atoms with Crippen molar-refractivity contribution in [1.82, 2.24) is 4.90 Å². The minimum Gasteiger partial charge on any atom is -0.460 e. The molecule has 0 aliphatic carbocycles. The van der Waals surface area contributed by atoms with Crippen LogP contribution in [0.15, 0.2) is 30.3 Å². The molecule has 0 saturated carbocycles. The molecule has 4 heteroatoms. The molecule has 0 radical (unpaired) electrons. The molecular formula is C14H17NO3. The molecule has 2 unspecified atom stereocenters. The minimum atomic E-state index is -0.460. The molecule has 2 aliphatic rings. The fourth-order valence-electron chi connectivity index (χ4n) is 2.94. The second-order valence-electron chi connectivity index (χ2n) is 5.12. The molecule has 1 aromatic carbocycles. The third kappa shape index (κ3) is 2.13. The van der Waals surface area contributed by atoms with Crippen LogP contribution in [-0.4, -0.2) is 34.8 Å². The van der Waals surface area contributed by atoms with Gasteiger partial charge in [-0.3, -0.25) is 9.69 Å². The molecule has 1 N–H and O–H groups in total. The Labute approximate surface area is 106 Å². The zero-order valence-corrected chi connectivity index (χ0v) is 10.2. The molecule has 3 rings (SSSR count). The van der Waals surface area contributed by atoms with Gasteiger partial charge in [0.1, 0.15) is 18.9 Å². The maximum atomic E-state index is 12.0. The van der Waals surface area contributed by atoms with Crippen molar-refractivity contribution < 1.29 is 14.6 Å². The summed E-state index contributed by atoms with van der Waals surface area (Å²) in [7, 11) is 0. The molecule has 2 heterocycles. The molecule has 4 atom stereocenters. The van der Waals surface area contributed by atoms with Crippen LogP contribution in [0.3, 0.4) is 0 Å². The van der Waals surface area contributed by atoms with Crippen molar-refractivity contribution in [2.24, 2.45) is 5.92 Å². The summed E-state index contributed by atoms with van der Waals surface area (Å²) in [6.07, 6.45) is 1.16. The van der Waals surface area contributed by atoms with E-state index in [-0.39, 0.29) is 12.0 Å². The molecule has 4 nitrogen and oxygen atoms in total. The standard InChI is InChI=1S/C14H17NO3/c16-13-7-11-6-12(15(13)8-11)14(17)18-9-10-4-2-1-3-5-10/h1-5,11-13,16H,6-9H2/t11-,12?,13+/m1/s1. The van der Waals surface area contributed by atoms with Gasteiger partial charge in [0.05, 0.1) is 0 Å². The van der Waals surface area contributed by atoms with E-state index in [0.29, 0.717) is 12.5 Å². The Kier molecular flexibility index (Phi) is 3.06. The fraction of sp³-hybridized carbons (Fsp3) is 0.500. The monoisotopic (exact) mass is 247 g/mol. The van der Waals surface area contributed by atoms with E-state index in [4.69, 9.17) is 4.74 Å². The number of aliphatic hydroxyl groups is 1. The van der Waals surface area contributed by atoms with Crippen LogP contribution in [0.4, 0.5) is 0 Å². The van der Waals surface area contributed by atoms with Crippen LogP contribution in [0.2, 0.25) is 0 Å². The predicted octanol–water partition coefficient (Wildman–Crippen LogP) is 1.14. The number of benzene rings is 1. The lowest BCUT2D eigenvalue weighted by Crippen LogP contribution is -2.43. The number of carbonyl (C=O) groups excluding carboxylic acids is 1. The number of hydrogen-bond donors (Lipinski definition) is 1. The summed E-state index contributed by atoms with van der Waals surface area (Å²) in [4.78, 5) is 13.8. The van der Waals surface area contributed by atoms with E-state index in [0.717, 1.165) is 24.9 Å². The van der Waals surface area contributed by atoms with Crippen LogP contribution in [0.25, 0.3) is 0 Å². The van der Waals surface area contributed by atoms with E-state index >= 15 is 0 Å². The van der Waals surface area contributed by atoms with Crippen molar-refractivity contribution in [3.05, 3.63) is 35.9 Å². The van der Waals surface area contributed by atoms with Gasteiger partial charge in [0.2, 0.25) is 0 Å². The van der Waals surface area contributed by atoms with E-state index in [9.17, 15) is 9.90 Å². The van der Waals surface area contributed by atoms with Crippen LogP contribution >= 0.6 is 0 Å². The molecule has 2 fully saturated rings. The highest BCUT2D eigenvalue weighted by Gasteiger charge is 2.47. The molecule has 96 valence electrons. The zero-order chi connectivity index (χ0) is 12.5. The SMILES string of the molecule is O=C(OCc1ccccc1)C1C[C@@H]2C[C@H](O)N1C2. The lowest BCUT2D eigenvalue weighted by Gasteiger charge is -2.27. The second-order valence-corrected chi connectivity index (χ2v) is 5.12. The Morgan fingerprint density at radius 2 is 2.11 bits per heavy atom. The third-order valence-corrected chi connectivity index (χ3v) is 3.85. The van der Waals surface area contributed by atoms with E-state index in [2.05, 4.69) is 0 Å². The van der Waals surface area contributed by atoms with Gasteiger partial charge in [-0.1, -0.05) is 30.3 Å². The number of carbonyl (C=O) groups is 1. The summed E-state index contributed by atoms with van der Waals surface area (Å²) < 4.78 is 5.32. The smallest absolute Gasteiger partial charge is 0.323 e. The molecule has 0 amide bonds. The average molecular weight is 247 g/mol. The number of fused-ring (bicyclic) bond motifs is 2. The van der Waals surface area contributed by atoms with Crippen molar-refractivity contribution in [2.75, 3.05) is 6.54 Å². The number of piperidine rings is 1. The highest BCUT2D eigenvalue weighted by atomic mass is 16.5. The maximum absolute atomic E-state index is 12.0. The molecule has 0 spiro atoms. The first kappa shape index (κ1) is 11.7. The molecule has 18 heavy (non-hydrogen) atoms. The number of aliphatic hydroxyl groups excluding tert-OH is 1. The number of ether oxygens (including phenoxy) is 1. The predicted molar refractivity (Wildman–Crippen MR) is 65.5 cm³/mol. The quantitative estimate of drug-likeness (QED) is 0.814. The highest BCUT2D eigenvalue weighted by Crippen LogP contribution is 2.36. The van der Waals surface area contributed by atoms with Crippen molar-refractivity contribution in [1.29, 1.82) is 0 Å². The van der Waals surface area contributed by atoms with Gasteiger partial charge < -0.3 is 9.84 Å². The normalized spacial score (nSPS) is 33.6. The van der Waals surface area contributed by atoms with Crippen LogP contribution in [0.1, 0.15) is 18.4 Å². The zero-order valence-electron chi connectivity index (χ0n) is 10.2. The van der Waals surface area contributed by atoms with Gasteiger partial charge in [0.15, 0.2) is 0 Å². The summed E-state index contributed by atoms with van der Waals surface area (Å²) in [5, 5.41) is 9.74. The summed E-state index contributed by atoms with van der Waals surface area (Å²) >= 11 is 0. The van der Waals surface area contributed by atoms with Gasteiger partial charge in [-0.15, -0.1) is 0 Å². The van der Waals surface area contributed by atoms with Gasteiger partial charge >= 0.3 is 5.97 Å². The summed E-state index contributed by atoms with van der Waals surface area (Å²) in [6.45, 7) is 1.14. The summed E-state index contributed by atoms with van der Waals surface area (Å²) in [5.74, 6) is 0.245. The Morgan fingerprint density at radius 3 is 2.78 bits per heavy atom. The lowest BCUT2D eigenvalue weighted by molar-refractivity contribution is -0.154. The van der Waals surface area contributed by atoms with Gasteiger partial charge in [0, 0.05) is 6.54 Å². The Hall–Kier alpha value is -1.39. The molecule has 2 aliphatic heterocycles. The number of rotatable bonds is 3. The maximum Gasteiger partial charge on any atom is 0.323 e. The first-order valence-corrected chi connectivity index (χ1v) is 6.38. The number of nitrogens with zero attached hydrogens (tertiary/aromatic N) is 1. The Bertz CT molecular complexity index is 434. The van der Waals surface area contributed by atoms with Gasteiger partial charge in [-0.05, 0) is 24.3 Å². The second kappa shape index (κ2) is 4.71. The van der Waals surface area contributed by atoms with Crippen molar-refractivity contribution >= 4 is 5.97 Å². The number of hydrogen-bond acceptors (Lipinski definition) is 4. The van der Waals surface area contributed by atoms with Crippen molar-refractivity contribution in [3.8, 4) is 0 Å². The Morgan fingerprint density at radius 1 is 1.33 bits per heavy atom. The van der Waals surface area contributed by atoms with Crippen molar-refractivity contribution in [2.45, 2.75) is 31.7 Å².